The van der Waals surface area contributed by atoms with Gasteiger partial charge >= 0.3 is 5.76 Å². The van der Waals surface area contributed by atoms with Crippen LogP contribution in [0.3, 0.4) is 0 Å². The number of nitrogens with two attached hydrogens (primary N) is 1. The van der Waals surface area contributed by atoms with Gasteiger partial charge in [0.05, 0.1) is 10.5 Å². The maximum Gasteiger partial charge on any atom is 0.419 e. The molecule has 0 radical (unpaired) electrons. The normalized spacial score (nSPS) is 21.1. The van der Waals surface area contributed by atoms with Gasteiger partial charge in [-0.05, 0) is 18.6 Å². The standard InChI is InChI=1S/C13H12ClN5O3/c1-19-9-3-5(2-8(14)11(9)22-13(19)21)10(20)6-4-7(6)12(17-15)18-16/h2-3,6-7,15H,4,16H2,1H3/t6-,7-/m0/s1. The van der Waals surface area contributed by atoms with Gasteiger partial charge in [0.25, 0.3) is 0 Å². The summed E-state index contributed by atoms with van der Waals surface area (Å²) in [6, 6.07) is 3.04. The van der Waals surface area contributed by atoms with E-state index in [4.69, 9.17) is 27.4 Å². The topological polar surface area (TPSA) is 127 Å². The van der Waals surface area contributed by atoms with E-state index in [0.717, 1.165) is 0 Å². The number of amidine groups is 1. The highest BCUT2D eigenvalue weighted by Gasteiger charge is 2.47. The molecule has 1 aromatic heterocycles. The van der Waals surface area contributed by atoms with Gasteiger partial charge in [-0.25, -0.2) is 10.3 Å². The molecule has 3 N–H and O–H groups in total. The van der Waals surface area contributed by atoms with Crippen LogP contribution in [0.2, 0.25) is 5.02 Å². The number of nitrogens with zero attached hydrogens (tertiary/aromatic N) is 3. The van der Waals surface area contributed by atoms with Gasteiger partial charge in [-0.3, -0.25) is 9.36 Å². The summed E-state index contributed by atoms with van der Waals surface area (Å²) in [6.07, 6.45) is 0.539. The highest BCUT2D eigenvalue weighted by molar-refractivity contribution is 6.35. The molecule has 1 aliphatic carbocycles. The molecule has 1 aliphatic rings. The number of hydrogen-bond donors (Lipinski definition) is 2. The summed E-state index contributed by atoms with van der Waals surface area (Å²) in [5, 5.41) is 6.82. The predicted octanol–water partition coefficient (Wildman–Crippen LogP) is 1.91. The second-order valence-electron chi connectivity index (χ2n) is 5.15. The Balaban J connectivity index is 1.98. The highest BCUT2D eigenvalue weighted by atomic mass is 35.5. The maximum absolute atomic E-state index is 12.5. The zero-order valence-electron chi connectivity index (χ0n) is 11.5. The van der Waals surface area contributed by atoms with Crippen LogP contribution in [0.5, 0.6) is 0 Å². The molecule has 9 heteroatoms. The van der Waals surface area contributed by atoms with Gasteiger partial charge < -0.3 is 10.3 Å². The molecule has 0 saturated heterocycles. The number of carbonyl (C=O) groups excluding carboxylic acids is 1. The van der Waals surface area contributed by atoms with Crippen LogP contribution in [0.25, 0.3) is 11.1 Å². The van der Waals surface area contributed by atoms with Crippen molar-refractivity contribution in [3.8, 4) is 0 Å². The zero-order valence-corrected chi connectivity index (χ0v) is 12.3. The fraction of sp³-hybridized carbons (Fsp3) is 0.308. The Morgan fingerprint density at radius 3 is 2.86 bits per heavy atom. The molecular formula is C13H12ClN5O3. The van der Waals surface area contributed by atoms with Gasteiger partial charge in [0.1, 0.15) is 0 Å². The van der Waals surface area contributed by atoms with E-state index in [9.17, 15) is 9.59 Å². The second-order valence-corrected chi connectivity index (χ2v) is 5.55. The molecule has 114 valence electrons. The monoisotopic (exact) mass is 321 g/mol. The van der Waals surface area contributed by atoms with Crippen LogP contribution in [0.15, 0.2) is 31.6 Å². The first-order chi connectivity index (χ1) is 10.5. The molecule has 0 unspecified atom stereocenters. The van der Waals surface area contributed by atoms with Crippen molar-refractivity contribution in [2.75, 3.05) is 0 Å². The molecule has 0 amide bonds. The fourth-order valence-electron chi connectivity index (χ4n) is 2.52. The SMILES string of the molecule is Cn1c(=O)oc2c(Cl)cc(C(=O)[C@H]3C[C@@H]3C(N=N)=NN)cc21. The van der Waals surface area contributed by atoms with Crippen LogP contribution in [0.4, 0.5) is 0 Å². The number of rotatable bonds is 3. The minimum atomic E-state index is -0.545. The second kappa shape index (κ2) is 5.06. The summed E-state index contributed by atoms with van der Waals surface area (Å²) in [6.45, 7) is 0. The minimum Gasteiger partial charge on any atom is -0.406 e. The molecule has 22 heavy (non-hydrogen) atoms. The number of ketones is 1. The molecule has 8 nitrogen and oxygen atoms in total. The fourth-order valence-corrected chi connectivity index (χ4v) is 2.77. The molecule has 0 spiro atoms. The van der Waals surface area contributed by atoms with Gasteiger partial charge in [-0.2, -0.15) is 5.10 Å². The van der Waals surface area contributed by atoms with Gasteiger partial charge in [-0.1, -0.05) is 11.6 Å². The van der Waals surface area contributed by atoms with Gasteiger partial charge in [0.2, 0.25) is 0 Å². The van der Waals surface area contributed by atoms with E-state index in [2.05, 4.69) is 10.2 Å². The average Bonchev–Trinajstić information content (AvgIpc) is 3.23. The maximum atomic E-state index is 12.5. The summed E-state index contributed by atoms with van der Waals surface area (Å²) in [5.41, 5.74) is 8.06. The van der Waals surface area contributed by atoms with E-state index in [0.29, 0.717) is 17.5 Å². The molecule has 2 aromatic rings. The molecule has 0 aliphatic heterocycles. The Morgan fingerprint density at radius 1 is 1.50 bits per heavy atom. The number of oxazole rings is 1. The van der Waals surface area contributed by atoms with Crippen molar-refractivity contribution in [1.82, 2.24) is 4.57 Å². The third-order valence-corrected chi connectivity index (χ3v) is 4.12. The summed E-state index contributed by atoms with van der Waals surface area (Å²) >= 11 is 6.08. The van der Waals surface area contributed by atoms with E-state index in [1.54, 1.807) is 6.07 Å². The quantitative estimate of drug-likeness (QED) is 0.223. The lowest BCUT2D eigenvalue weighted by atomic mass is 10.0. The number of hydrazone groups is 1. The van der Waals surface area contributed by atoms with Gasteiger partial charge in [0.15, 0.2) is 17.2 Å². The summed E-state index contributed by atoms with van der Waals surface area (Å²) in [5.74, 6) is 4.04. The van der Waals surface area contributed by atoms with Crippen LogP contribution >= 0.6 is 11.6 Å². The molecule has 1 heterocycles. The average molecular weight is 322 g/mol. The molecular weight excluding hydrogens is 310 g/mol. The zero-order chi connectivity index (χ0) is 16.0. The van der Waals surface area contributed by atoms with E-state index < -0.39 is 5.76 Å². The third-order valence-electron chi connectivity index (χ3n) is 3.84. The van der Waals surface area contributed by atoms with Crippen LogP contribution in [0, 0.1) is 17.4 Å². The lowest BCUT2D eigenvalue weighted by molar-refractivity contribution is 0.0964. The summed E-state index contributed by atoms with van der Waals surface area (Å²) in [4.78, 5) is 24.0. The number of aromatic nitrogens is 1. The Hall–Kier alpha value is -2.48. The Kier molecular flexibility index (Phi) is 3.32. The summed E-state index contributed by atoms with van der Waals surface area (Å²) in [7, 11) is 1.54. The van der Waals surface area contributed by atoms with Crippen LogP contribution in [-0.2, 0) is 7.05 Å². The van der Waals surface area contributed by atoms with E-state index in [-0.39, 0.29) is 34.1 Å². The largest absolute Gasteiger partial charge is 0.419 e. The van der Waals surface area contributed by atoms with Gasteiger partial charge in [0, 0.05) is 24.4 Å². The van der Waals surface area contributed by atoms with Crippen LogP contribution < -0.4 is 11.6 Å². The predicted molar refractivity (Wildman–Crippen MR) is 79.2 cm³/mol. The summed E-state index contributed by atoms with van der Waals surface area (Å²) < 4.78 is 6.31. The van der Waals surface area contributed by atoms with Crippen molar-refractivity contribution in [2.24, 2.45) is 34.9 Å². The van der Waals surface area contributed by atoms with Crippen molar-refractivity contribution in [1.29, 1.82) is 5.53 Å². The molecule has 1 fully saturated rings. The Morgan fingerprint density at radius 2 is 2.23 bits per heavy atom. The molecule has 0 bridgehead atoms. The first-order valence-corrected chi connectivity index (χ1v) is 6.84. The minimum absolute atomic E-state index is 0.146. The number of halogens is 1. The van der Waals surface area contributed by atoms with Crippen LogP contribution in [-0.4, -0.2) is 16.2 Å². The van der Waals surface area contributed by atoms with E-state index in [1.165, 1.54) is 17.7 Å². The lowest BCUT2D eigenvalue weighted by Crippen LogP contribution is -2.10. The smallest absolute Gasteiger partial charge is 0.406 e. The first-order valence-electron chi connectivity index (χ1n) is 6.46. The molecule has 3 rings (SSSR count). The lowest BCUT2D eigenvalue weighted by Gasteiger charge is -2.02. The Labute approximate surface area is 129 Å². The van der Waals surface area contributed by atoms with Crippen molar-refractivity contribution in [3.63, 3.8) is 0 Å². The van der Waals surface area contributed by atoms with Crippen molar-refractivity contribution < 1.29 is 9.21 Å². The van der Waals surface area contributed by atoms with Gasteiger partial charge in [-0.15, -0.1) is 5.11 Å². The van der Waals surface area contributed by atoms with Crippen molar-refractivity contribution in [2.45, 2.75) is 6.42 Å². The molecule has 2 atom stereocenters. The van der Waals surface area contributed by atoms with E-state index >= 15 is 0 Å². The molecule has 1 saturated carbocycles. The highest BCUT2D eigenvalue weighted by Crippen LogP contribution is 2.43. The number of benzene rings is 1. The Bertz CT molecular complexity index is 882. The van der Waals surface area contributed by atoms with Crippen molar-refractivity contribution >= 4 is 34.3 Å². The number of nitrogens with one attached hydrogen (secondary N) is 1. The van der Waals surface area contributed by atoms with Crippen LogP contribution in [0.1, 0.15) is 16.8 Å². The third kappa shape index (κ3) is 2.12. The molecule has 1 aromatic carbocycles. The van der Waals surface area contributed by atoms with E-state index in [1.807, 2.05) is 0 Å². The number of hydrogen-bond acceptors (Lipinski definition) is 6. The number of carbonyl (C=O) groups is 1. The number of fused-ring (bicyclic) bond motifs is 1. The number of aryl methyl sites for hydroxylation is 1. The first kappa shape index (κ1) is 14.5. The van der Waals surface area contributed by atoms with Crippen molar-refractivity contribution in [3.05, 3.63) is 33.3 Å². The number of Topliss-reactive ketones (excluding diaryl/α,β-unsaturated/α-hetero) is 1.